The molecule has 0 aliphatic heterocycles. The highest BCUT2D eigenvalue weighted by atomic mass is 32.1. The number of aryl methyl sites for hydroxylation is 2. The third-order valence-corrected chi connectivity index (χ3v) is 4.00. The van der Waals surface area contributed by atoms with Gasteiger partial charge >= 0.3 is 0 Å². The number of thiazole rings is 1. The first-order chi connectivity index (χ1) is 9.10. The molecule has 2 aromatic heterocycles. The van der Waals surface area contributed by atoms with E-state index in [4.69, 9.17) is 4.98 Å². The largest absolute Gasteiger partial charge is 0.312 e. The molecular weight excluding hydrogens is 256 g/mol. The molecule has 0 amide bonds. The van der Waals surface area contributed by atoms with Crippen LogP contribution >= 0.6 is 11.3 Å². The maximum atomic E-state index is 4.71. The highest BCUT2D eigenvalue weighted by Gasteiger charge is 2.12. The van der Waals surface area contributed by atoms with Crippen LogP contribution < -0.4 is 5.32 Å². The summed E-state index contributed by atoms with van der Waals surface area (Å²) in [6, 6.07) is 2.02. The minimum atomic E-state index is 0.674. The Morgan fingerprint density at radius 1 is 1.42 bits per heavy atom. The Hall–Kier alpha value is -1.20. The molecule has 4 nitrogen and oxygen atoms in total. The van der Waals surface area contributed by atoms with Crippen molar-refractivity contribution in [3.8, 4) is 10.7 Å². The van der Waals surface area contributed by atoms with Gasteiger partial charge in [0.25, 0.3) is 0 Å². The molecule has 2 rings (SSSR count). The molecule has 19 heavy (non-hydrogen) atoms. The van der Waals surface area contributed by atoms with Crippen molar-refractivity contribution >= 4 is 11.3 Å². The van der Waals surface area contributed by atoms with E-state index in [0.717, 1.165) is 30.2 Å². The summed E-state index contributed by atoms with van der Waals surface area (Å²) in [4.78, 5) is 6.05. The minimum Gasteiger partial charge on any atom is -0.312 e. The first kappa shape index (κ1) is 14.2. The van der Waals surface area contributed by atoms with E-state index in [1.165, 1.54) is 10.6 Å². The molecular formula is C14H22N4S. The third kappa shape index (κ3) is 3.64. The van der Waals surface area contributed by atoms with E-state index >= 15 is 0 Å². The Morgan fingerprint density at radius 2 is 2.21 bits per heavy atom. The second kappa shape index (κ2) is 6.30. The highest BCUT2D eigenvalue weighted by molar-refractivity contribution is 7.15. The van der Waals surface area contributed by atoms with Gasteiger partial charge in [0, 0.05) is 24.7 Å². The normalized spacial score (nSPS) is 11.4. The summed E-state index contributed by atoms with van der Waals surface area (Å²) in [7, 11) is 1.93. The van der Waals surface area contributed by atoms with Gasteiger partial charge in [-0.2, -0.15) is 5.10 Å². The van der Waals surface area contributed by atoms with Gasteiger partial charge in [-0.3, -0.25) is 4.68 Å². The van der Waals surface area contributed by atoms with E-state index in [-0.39, 0.29) is 0 Å². The van der Waals surface area contributed by atoms with Crippen LogP contribution in [0.1, 0.15) is 31.3 Å². The van der Waals surface area contributed by atoms with Gasteiger partial charge in [0.1, 0.15) is 10.7 Å². The second-order valence-corrected chi connectivity index (χ2v) is 6.23. The van der Waals surface area contributed by atoms with Crippen LogP contribution in [-0.2, 0) is 20.0 Å². The summed E-state index contributed by atoms with van der Waals surface area (Å²) in [6.45, 7) is 8.55. The molecule has 0 aliphatic carbocycles. The molecule has 0 aromatic carbocycles. The minimum absolute atomic E-state index is 0.674. The van der Waals surface area contributed by atoms with Crippen LogP contribution in [0.4, 0.5) is 0 Å². The summed E-state index contributed by atoms with van der Waals surface area (Å²) in [6.07, 6.45) is 2.93. The number of nitrogens with zero attached hydrogens (tertiary/aromatic N) is 3. The molecule has 0 fully saturated rings. The van der Waals surface area contributed by atoms with Crippen LogP contribution in [0, 0.1) is 5.92 Å². The van der Waals surface area contributed by atoms with Gasteiger partial charge in [0.05, 0.1) is 5.69 Å². The first-order valence-corrected chi connectivity index (χ1v) is 7.61. The quantitative estimate of drug-likeness (QED) is 0.883. The molecule has 0 saturated heterocycles. The van der Waals surface area contributed by atoms with E-state index < -0.39 is 0 Å². The lowest BCUT2D eigenvalue weighted by molar-refractivity contribution is 0.553. The molecule has 0 spiro atoms. The van der Waals surface area contributed by atoms with Crippen LogP contribution in [0.15, 0.2) is 12.3 Å². The molecule has 0 atom stereocenters. The van der Waals surface area contributed by atoms with Crippen LogP contribution in [0.3, 0.4) is 0 Å². The number of hydrogen-bond acceptors (Lipinski definition) is 4. The van der Waals surface area contributed by atoms with Crippen molar-refractivity contribution in [2.24, 2.45) is 13.0 Å². The van der Waals surface area contributed by atoms with Crippen LogP contribution in [0.5, 0.6) is 0 Å². The Bertz CT molecular complexity index is 527. The molecule has 2 aromatic rings. The van der Waals surface area contributed by atoms with E-state index in [2.05, 4.69) is 31.2 Å². The SMILES string of the molecule is CCc1nc(-c2ccn(C)n2)sc1CNCC(C)C. The van der Waals surface area contributed by atoms with E-state index in [0.29, 0.717) is 5.92 Å². The van der Waals surface area contributed by atoms with Gasteiger partial charge in [-0.25, -0.2) is 4.98 Å². The van der Waals surface area contributed by atoms with Crippen molar-refractivity contribution < 1.29 is 0 Å². The molecule has 0 saturated carbocycles. The van der Waals surface area contributed by atoms with Crippen molar-refractivity contribution in [1.82, 2.24) is 20.1 Å². The van der Waals surface area contributed by atoms with E-state index in [1.807, 2.05) is 24.0 Å². The number of aromatic nitrogens is 3. The summed E-state index contributed by atoms with van der Waals surface area (Å²) in [5, 5.41) is 8.94. The van der Waals surface area contributed by atoms with E-state index in [1.54, 1.807) is 11.3 Å². The molecule has 2 heterocycles. The molecule has 104 valence electrons. The number of hydrogen-bond donors (Lipinski definition) is 1. The predicted molar refractivity (Wildman–Crippen MR) is 80.2 cm³/mol. The van der Waals surface area contributed by atoms with Gasteiger partial charge in [-0.1, -0.05) is 20.8 Å². The smallest absolute Gasteiger partial charge is 0.144 e. The monoisotopic (exact) mass is 278 g/mol. The fourth-order valence-corrected chi connectivity index (χ4v) is 3.00. The zero-order chi connectivity index (χ0) is 13.8. The van der Waals surface area contributed by atoms with Crippen molar-refractivity contribution in [3.05, 3.63) is 22.8 Å². The maximum absolute atomic E-state index is 4.71. The summed E-state index contributed by atoms with van der Waals surface area (Å²) in [5.41, 5.74) is 2.17. The first-order valence-electron chi connectivity index (χ1n) is 6.79. The molecule has 1 N–H and O–H groups in total. The van der Waals surface area contributed by atoms with Crippen molar-refractivity contribution in [3.63, 3.8) is 0 Å². The fourth-order valence-electron chi connectivity index (χ4n) is 1.91. The summed E-state index contributed by atoms with van der Waals surface area (Å²) < 4.78 is 1.82. The second-order valence-electron chi connectivity index (χ2n) is 5.14. The van der Waals surface area contributed by atoms with Crippen molar-refractivity contribution in [1.29, 1.82) is 0 Å². The molecule has 0 unspecified atom stereocenters. The molecule has 0 bridgehead atoms. The van der Waals surface area contributed by atoms with Gasteiger partial charge in [0.15, 0.2) is 0 Å². The van der Waals surface area contributed by atoms with Crippen molar-refractivity contribution in [2.45, 2.75) is 33.7 Å². The average molecular weight is 278 g/mol. The van der Waals surface area contributed by atoms with Crippen LogP contribution in [0.2, 0.25) is 0 Å². The Morgan fingerprint density at radius 3 is 2.79 bits per heavy atom. The van der Waals surface area contributed by atoms with Gasteiger partial charge < -0.3 is 5.32 Å². The van der Waals surface area contributed by atoms with Gasteiger partial charge in [-0.15, -0.1) is 11.3 Å². The Balaban J connectivity index is 2.13. The standard InChI is InChI=1S/C14H22N4S/c1-5-11-13(9-15-8-10(2)3)19-14(16-11)12-6-7-18(4)17-12/h6-7,10,15H,5,8-9H2,1-4H3. The molecule has 5 heteroatoms. The number of nitrogens with one attached hydrogen (secondary N) is 1. The predicted octanol–water partition coefficient (Wildman–Crippen LogP) is 2.85. The third-order valence-electron chi connectivity index (χ3n) is 2.88. The lowest BCUT2D eigenvalue weighted by Gasteiger charge is -2.06. The van der Waals surface area contributed by atoms with Crippen LogP contribution in [-0.4, -0.2) is 21.3 Å². The zero-order valence-electron chi connectivity index (χ0n) is 12.1. The average Bonchev–Trinajstić information content (AvgIpc) is 2.95. The van der Waals surface area contributed by atoms with E-state index in [9.17, 15) is 0 Å². The molecule has 0 radical (unpaired) electrons. The summed E-state index contributed by atoms with van der Waals surface area (Å²) >= 11 is 1.75. The maximum Gasteiger partial charge on any atom is 0.144 e. The lowest BCUT2D eigenvalue weighted by Crippen LogP contribution is -2.18. The van der Waals surface area contributed by atoms with Crippen molar-refractivity contribution in [2.75, 3.05) is 6.54 Å². The number of rotatable bonds is 6. The molecule has 0 aliphatic rings. The van der Waals surface area contributed by atoms with Gasteiger partial charge in [-0.05, 0) is 24.9 Å². The topological polar surface area (TPSA) is 42.7 Å². The lowest BCUT2D eigenvalue weighted by atomic mass is 10.2. The Kier molecular flexibility index (Phi) is 4.71. The Labute approximate surface area is 118 Å². The fraction of sp³-hybridized carbons (Fsp3) is 0.571. The van der Waals surface area contributed by atoms with Gasteiger partial charge in [0.2, 0.25) is 0 Å². The zero-order valence-corrected chi connectivity index (χ0v) is 12.9. The highest BCUT2D eigenvalue weighted by Crippen LogP contribution is 2.27. The summed E-state index contributed by atoms with van der Waals surface area (Å²) in [5.74, 6) is 0.674. The van der Waals surface area contributed by atoms with Crippen LogP contribution in [0.25, 0.3) is 10.7 Å².